The Morgan fingerprint density at radius 3 is 3.19 bits per heavy atom. The van der Waals surface area contributed by atoms with Gasteiger partial charge in [0, 0.05) is 12.6 Å². The third kappa shape index (κ3) is 1.89. The fourth-order valence-corrected chi connectivity index (χ4v) is 3.11. The van der Waals surface area contributed by atoms with Gasteiger partial charge in [0.2, 0.25) is 0 Å². The Balaban J connectivity index is 1.84. The number of hydrogen-bond donors (Lipinski definition) is 1. The second-order valence-electron chi connectivity index (χ2n) is 4.91. The molecule has 2 fully saturated rings. The Hall–Kier alpha value is -0.800. The summed E-state index contributed by atoms with van der Waals surface area (Å²) in [5.74, 6) is 1.13. The van der Waals surface area contributed by atoms with Crippen LogP contribution in [0.2, 0.25) is 0 Å². The van der Waals surface area contributed by atoms with E-state index in [4.69, 9.17) is 4.42 Å². The molecule has 2 saturated heterocycles. The van der Waals surface area contributed by atoms with Crippen LogP contribution in [0, 0.1) is 0 Å². The average molecular weight is 220 g/mol. The van der Waals surface area contributed by atoms with E-state index in [2.05, 4.69) is 16.3 Å². The van der Waals surface area contributed by atoms with Crippen LogP contribution in [-0.4, -0.2) is 30.6 Å². The van der Waals surface area contributed by atoms with Gasteiger partial charge in [0.1, 0.15) is 5.76 Å². The molecular formula is C13H20N2O. The molecule has 3 rings (SSSR count). The maximum Gasteiger partial charge on any atom is 0.122 e. The molecule has 1 N–H and O–H groups in total. The molecule has 3 heterocycles. The number of nitrogens with zero attached hydrogens (tertiary/aromatic N) is 1. The first-order valence-corrected chi connectivity index (χ1v) is 6.45. The van der Waals surface area contributed by atoms with Crippen molar-refractivity contribution >= 4 is 0 Å². The molecule has 3 heteroatoms. The first-order chi connectivity index (χ1) is 7.95. The van der Waals surface area contributed by atoms with Crippen molar-refractivity contribution in [3.05, 3.63) is 24.2 Å². The minimum absolute atomic E-state index is 0.447. The summed E-state index contributed by atoms with van der Waals surface area (Å²) < 4.78 is 5.60. The summed E-state index contributed by atoms with van der Waals surface area (Å²) in [5, 5.41) is 3.54. The first kappa shape index (κ1) is 10.4. The van der Waals surface area contributed by atoms with Gasteiger partial charge in [-0.25, -0.2) is 0 Å². The maximum atomic E-state index is 5.60. The molecule has 3 nitrogen and oxygen atoms in total. The lowest BCUT2D eigenvalue weighted by Gasteiger charge is -2.38. The normalized spacial score (nSPS) is 32.0. The predicted molar refractivity (Wildman–Crippen MR) is 63.3 cm³/mol. The molecule has 0 spiro atoms. The second kappa shape index (κ2) is 4.60. The quantitative estimate of drug-likeness (QED) is 0.786. The molecule has 16 heavy (non-hydrogen) atoms. The summed E-state index contributed by atoms with van der Waals surface area (Å²) in [6.45, 7) is 3.42. The zero-order chi connectivity index (χ0) is 10.8. The van der Waals surface area contributed by atoms with E-state index in [-0.39, 0.29) is 0 Å². The van der Waals surface area contributed by atoms with E-state index >= 15 is 0 Å². The van der Waals surface area contributed by atoms with E-state index in [9.17, 15) is 0 Å². The van der Waals surface area contributed by atoms with Crippen molar-refractivity contribution in [1.29, 1.82) is 0 Å². The van der Waals surface area contributed by atoms with Crippen LogP contribution in [0.25, 0.3) is 0 Å². The molecule has 1 aromatic heterocycles. The second-order valence-corrected chi connectivity index (χ2v) is 4.91. The average Bonchev–Trinajstić information content (AvgIpc) is 2.76. The minimum Gasteiger partial charge on any atom is -0.468 e. The lowest BCUT2D eigenvalue weighted by Crippen LogP contribution is -2.42. The fourth-order valence-electron chi connectivity index (χ4n) is 3.11. The van der Waals surface area contributed by atoms with Gasteiger partial charge in [-0.3, -0.25) is 4.90 Å². The number of rotatable bonds is 1. The van der Waals surface area contributed by atoms with Gasteiger partial charge in [0.15, 0.2) is 0 Å². The Bertz CT molecular complexity index is 323. The molecule has 0 bridgehead atoms. The Morgan fingerprint density at radius 2 is 2.31 bits per heavy atom. The summed E-state index contributed by atoms with van der Waals surface area (Å²) in [5.41, 5.74) is 0. The molecule has 2 aliphatic heterocycles. The van der Waals surface area contributed by atoms with Crippen LogP contribution in [0.1, 0.15) is 37.5 Å². The van der Waals surface area contributed by atoms with Gasteiger partial charge in [-0.05, 0) is 44.5 Å². The number of furan rings is 1. The highest BCUT2D eigenvalue weighted by atomic mass is 16.3. The van der Waals surface area contributed by atoms with Crippen molar-refractivity contribution in [2.24, 2.45) is 0 Å². The van der Waals surface area contributed by atoms with Gasteiger partial charge < -0.3 is 9.73 Å². The largest absolute Gasteiger partial charge is 0.468 e. The van der Waals surface area contributed by atoms with E-state index < -0.39 is 0 Å². The Morgan fingerprint density at radius 1 is 1.31 bits per heavy atom. The standard InChI is InChI=1S/C13H20N2O/c1-2-8-15-11(4-1)6-7-14-10-12(15)13-5-3-9-16-13/h3,5,9,11-12,14H,1-2,4,6-8,10H2. The highest BCUT2D eigenvalue weighted by Crippen LogP contribution is 2.31. The summed E-state index contributed by atoms with van der Waals surface area (Å²) in [4.78, 5) is 2.66. The Kier molecular flexibility index (Phi) is 2.98. The summed E-state index contributed by atoms with van der Waals surface area (Å²) in [6, 6.07) is 5.32. The van der Waals surface area contributed by atoms with Crippen LogP contribution in [0.5, 0.6) is 0 Å². The Labute approximate surface area is 96.8 Å². The predicted octanol–water partition coefficient (Wildman–Crippen LogP) is 2.17. The highest BCUT2D eigenvalue weighted by molar-refractivity contribution is 5.07. The van der Waals surface area contributed by atoms with Crippen molar-refractivity contribution < 1.29 is 4.42 Å². The van der Waals surface area contributed by atoms with Gasteiger partial charge >= 0.3 is 0 Å². The van der Waals surface area contributed by atoms with Crippen LogP contribution >= 0.6 is 0 Å². The first-order valence-electron chi connectivity index (χ1n) is 6.45. The molecule has 2 unspecified atom stereocenters. The number of hydrogen-bond acceptors (Lipinski definition) is 3. The molecule has 0 saturated carbocycles. The smallest absolute Gasteiger partial charge is 0.122 e. The zero-order valence-corrected chi connectivity index (χ0v) is 9.69. The van der Waals surface area contributed by atoms with Gasteiger partial charge in [-0.15, -0.1) is 0 Å². The number of fused-ring (bicyclic) bond motifs is 1. The lowest BCUT2D eigenvalue weighted by molar-refractivity contribution is 0.0919. The van der Waals surface area contributed by atoms with Gasteiger partial charge in [0.25, 0.3) is 0 Å². The summed E-state index contributed by atoms with van der Waals surface area (Å²) in [6.07, 6.45) is 7.18. The van der Waals surface area contributed by atoms with Gasteiger partial charge in [-0.2, -0.15) is 0 Å². The zero-order valence-electron chi connectivity index (χ0n) is 9.69. The van der Waals surface area contributed by atoms with Crippen LogP contribution in [0.15, 0.2) is 22.8 Å². The molecular weight excluding hydrogens is 200 g/mol. The number of nitrogens with one attached hydrogen (secondary N) is 1. The minimum atomic E-state index is 0.447. The van der Waals surface area contributed by atoms with Crippen molar-refractivity contribution in [2.45, 2.75) is 37.8 Å². The van der Waals surface area contributed by atoms with E-state index in [0.29, 0.717) is 6.04 Å². The van der Waals surface area contributed by atoms with E-state index in [0.717, 1.165) is 24.9 Å². The fraction of sp³-hybridized carbons (Fsp3) is 0.692. The van der Waals surface area contributed by atoms with Crippen molar-refractivity contribution in [1.82, 2.24) is 10.2 Å². The van der Waals surface area contributed by atoms with Crippen LogP contribution in [0.3, 0.4) is 0 Å². The molecule has 1 aromatic rings. The summed E-state index contributed by atoms with van der Waals surface area (Å²) in [7, 11) is 0. The van der Waals surface area contributed by atoms with Crippen molar-refractivity contribution in [3.63, 3.8) is 0 Å². The highest BCUT2D eigenvalue weighted by Gasteiger charge is 2.32. The third-order valence-corrected chi connectivity index (χ3v) is 3.94. The molecule has 0 aliphatic carbocycles. The molecule has 0 radical (unpaired) electrons. The van der Waals surface area contributed by atoms with Crippen LogP contribution in [-0.2, 0) is 0 Å². The topological polar surface area (TPSA) is 28.4 Å². The van der Waals surface area contributed by atoms with E-state index in [1.54, 1.807) is 6.26 Å². The van der Waals surface area contributed by atoms with Crippen LogP contribution < -0.4 is 5.32 Å². The molecule has 88 valence electrons. The maximum absolute atomic E-state index is 5.60. The van der Waals surface area contributed by atoms with Crippen molar-refractivity contribution in [2.75, 3.05) is 19.6 Å². The summed E-state index contributed by atoms with van der Waals surface area (Å²) >= 11 is 0. The van der Waals surface area contributed by atoms with Crippen LogP contribution in [0.4, 0.5) is 0 Å². The third-order valence-electron chi connectivity index (χ3n) is 3.94. The molecule has 2 atom stereocenters. The SMILES string of the molecule is c1coc(C2CNCCC3CCCCN32)c1. The monoisotopic (exact) mass is 220 g/mol. The van der Waals surface area contributed by atoms with E-state index in [1.165, 1.54) is 32.2 Å². The van der Waals surface area contributed by atoms with E-state index in [1.807, 2.05) is 6.07 Å². The van der Waals surface area contributed by atoms with Gasteiger partial charge in [-0.1, -0.05) is 6.42 Å². The lowest BCUT2D eigenvalue weighted by atomic mass is 9.97. The molecule has 0 aromatic carbocycles. The van der Waals surface area contributed by atoms with Gasteiger partial charge in [0.05, 0.1) is 12.3 Å². The number of piperidine rings is 1. The molecule has 2 aliphatic rings. The molecule has 0 amide bonds. The van der Waals surface area contributed by atoms with Crippen molar-refractivity contribution in [3.8, 4) is 0 Å².